The Balaban J connectivity index is 2.72. The molecule has 0 N–H and O–H groups in total. The third-order valence-electron chi connectivity index (χ3n) is 2.55. The minimum Gasteiger partial charge on any atom is -0.443 e. The standard InChI is InChI=1S/C11H15F3O2S2/c1-8(11(12,13)14)9(15)16-10(7-17-2)5-3-4-6-18-10/h1,3-7H2,2H3. The van der Waals surface area contributed by atoms with Crippen molar-refractivity contribution in [3.05, 3.63) is 12.2 Å². The molecule has 104 valence electrons. The lowest BCUT2D eigenvalue weighted by Gasteiger charge is -2.35. The molecule has 1 rings (SSSR count). The maximum absolute atomic E-state index is 12.4. The second kappa shape index (κ2) is 6.23. The Morgan fingerprint density at radius 3 is 2.61 bits per heavy atom. The lowest BCUT2D eigenvalue weighted by Crippen LogP contribution is -2.38. The van der Waals surface area contributed by atoms with E-state index >= 15 is 0 Å². The van der Waals surface area contributed by atoms with Crippen molar-refractivity contribution in [3.63, 3.8) is 0 Å². The smallest absolute Gasteiger partial charge is 0.422 e. The summed E-state index contributed by atoms with van der Waals surface area (Å²) in [4.78, 5) is 10.6. The maximum atomic E-state index is 12.4. The van der Waals surface area contributed by atoms with Gasteiger partial charge in [-0.2, -0.15) is 24.9 Å². The van der Waals surface area contributed by atoms with Gasteiger partial charge in [0.1, 0.15) is 5.57 Å². The zero-order chi connectivity index (χ0) is 13.8. The molecule has 0 bridgehead atoms. The number of carbonyl (C=O) groups excluding carboxylic acids is 1. The van der Waals surface area contributed by atoms with Crippen LogP contribution in [0.1, 0.15) is 19.3 Å². The first-order valence-electron chi connectivity index (χ1n) is 5.43. The predicted molar refractivity (Wildman–Crippen MR) is 68.7 cm³/mol. The molecule has 1 fully saturated rings. The van der Waals surface area contributed by atoms with Crippen molar-refractivity contribution in [2.45, 2.75) is 30.4 Å². The van der Waals surface area contributed by atoms with E-state index in [4.69, 9.17) is 4.74 Å². The van der Waals surface area contributed by atoms with Crippen LogP contribution in [0.5, 0.6) is 0 Å². The van der Waals surface area contributed by atoms with Gasteiger partial charge in [-0.3, -0.25) is 0 Å². The highest BCUT2D eigenvalue weighted by atomic mass is 32.2. The molecule has 0 radical (unpaired) electrons. The third kappa shape index (κ3) is 4.12. The van der Waals surface area contributed by atoms with Gasteiger partial charge in [-0.05, 0) is 31.3 Å². The van der Waals surface area contributed by atoms with Crippen molar-refractivity contribution < 1.29 is 22.7 Å². The van der Waals surface area contributed by atoms with Crippen LogP contribution < -0.4 is 0 Å². The zero-order valence-corrected chi connectivity index (χ0v) is 11.6. The minimum atomic E-state index is -4.73. The van der Waals surface area contributed by atoms with Crippen LogP contribution in [0.2, 0.25) is 0 Å². The summed E-state index contributed by atoms with van der Waals surface area (Å²) >= 11 is 2.88. The van der Waals surface area contributed by atoms with E-state index in [0.29, 0.717) is 12.2 Å². The first kappa shape index (κ1) is 15.8. The molecule has 0 aromatic carbocycles. The van der Waals surface area contributed by atoms with E-state index < -0.39 is 22.7 Å². The van der Waals surface area contributed by atoms with Crippen LogP contribution in [0, 0.1) is 0 Å². The monoisotopic (exact) mass is 300 g/mol. The number of carbonyl (C=O) groups is 1. The van der Waals surface area contributed by atoms with Gasteiger partial charge < -0.3 is 4.74 Å². The van der Waals surface area contributed by atoms with E-state index in [2.05, 4.69) is 6.58 Å². The Morgan fingerprint density at radius 1 is 1.50 bits per heavy atom. The van der Waals surface area contributed by atoms with Crippen LogP contribution in [0.4, 0.5) is 13.2 Å². The number of hydrogen-bond donors (Lipinski definition) is 0. The molecule has 1 saturated heterocycles. The Labute approximate surface area is 113 Å². The number of alkyl halides is 3. The summed E-state index contributed by atoms with van der Waals surface area (Å²) in [6.07, 6.45) is -0.437. The molecule has 1 aliphatic heterocycles. The van der Waals surface area contributed by atoms with E-state index in [-0.39, 0.29) is 0 Å². The Hall–Kier alpha value is -0.300. The van der Waals surface area contributed by atoms with Gasteiger partial charge in [-0.1, -0.05) is 6.58 Å². The van der Waals surface area contributed by atoms with E-state index in [1.165, 1.54) is 23.5 Å². The van der Waals surface area contributed by atoms with Gasteiger partial charge in [0.05, 0.1) is 0 Å². The molecule has 1 heterocycles. The molecular formula is C11H15F3O2S2. The van der Waals surface area contributed by atoms with Gasteiger partial charge in [-0.25, -0.2) is 4.79 Å². The van der Waals surface area contributed by atoms with Crippen LogP contribution in [-0.4, -0.2) is 34.8 Å². The zero-order valence-electron chi connectivity index (χ0n) is 10.0. The number of esters is 1. The number of ether oxygens (including phenoxy) is 1. The second-order valence-corrected chi connectivity index (χ2v) is 6.32. The van der Waals surface area contributed by atoms with Gasteiger partial charge in [0.2, 0.25) is 0 Å². The second-order valence-electron chi connectivity index (χ2n) is 4.02. The van der Waals surface area contributed by atoms with Crippen molar-refractivity contribution in [2.75, 3.05) is 17.8 Å². The summed E-state index contributed by atoms with van der Waals surface area (Å²) < 4.78 is 42.1. The van der Waals surface area contributed by atoms with E-state index in [1.807, 2.05) is 6.26 Å². The number of rotatable bonds is 4. The highest BCUT2D eigenvalue weighted by Crippen LogP contribution is 2.41. The molecule has 1 unspecified atom stereocenters. The van der Waals surface area contributed by atoms with Gasteiger partial charge in [0, 0.05) is 5.75 Å². The minimum absolute atomic E-state index is 0.495. The largest absolute Gasteiger partial charge is 0.443 e. The van der Waals surface area contributed by atoms with Gasteiger partial charge in [0.15, 0.2) is 4.93 Å². The normalized spacial score (nSPS) is 24.7. The molecule has 1 aliphatic rings. The summed E-state index contributed by atoms with van der Waals surface area (Å²) in [5.41, 5.74) is -1.44. The van der Waals surface area contributed by atoms with Crippen LogP contribution >= 0.6 is 23.5 Å². The SMILES string of the molecule is C=C(C(=O)OC1(CSC)CCCCS1)C(F)(F)F. The molecule has 0 saturated carbocycles. The van der Waals surface area contributed by atoms with E-state index in [1.54, 1.807) is 0 Å². The summed E-state index contributed by atoms with van der Waals surface area (Å²) in [5.74, 6) is -0.0631. The third-order valence-corrected chi connectivity index (χ3v) is 4.94. The van der Waals surface area contributed by atoms with Crippen molar-refractivity contribution in [3.8, 4) is 0 Å². The van der Waals surface area contributed by atoms with Gasteiger partial charge in [0.25, 0.3) is 0 Å². The molecule has 0 aromatic heterocycles. The van der Waals surface area contributed by atoms with Crippen LogP contribution in [0.3, 0.4) is 0 Å². The van der Waals surface area contributed by atoms with Crippen molar-refractivity contribution in [2.24, 2.45) is 0 Å². The summed E-state index contributed by atoms with van der Waals surface area (Å²) in [6, 6.07) is 0. The van der Waals surface area contributed by atoms with Crippen LogP contribution in [0.15, 0.2) is 12.2 Å². The molecular weight excluding hydrogens is 285 g/mol. The first-order chi connectivity index (χ1) is 8.31. The maximum Gasteiger partial charge on any atom is 0.422 e. The Kier molecular flexibility index (Phi) is 5.46. The van der Waals surface area contributed by atoms with Gasteiger partial charge in [-0.15, -0.1) is 11.8 Å². The summed E-state index contributed by atoms with van der Waals surface area (Å²) in [7, 11) is 0. The Morgan fingerprint density at radius 2 is 2.17 bits per heavy atom. The number of halogens is 3. The number of thioether (sulfide) groups is 2. The highest BCUT2D eigenvalue weighted by Gasteiger charge is 2.43. The molecule has 0 spiro atoms. The molecule has 7 heteroatoms. The molecule has 2 nitrogen and oxygen atoms in total. The van der Waals surface area contributed by atoms with Crippen LogP contribution in [0.25, 0.3) is 0 Å². The lowest BCUT2D eigenvalue weighted by atomic mass is 10.1. The quantitative estimate of drug-likeness (QED) is 0.585. The first-order valence-corrected chi connectivity index (χ1v) is 7.81. The molecule has 1 atom stereocenters. The van der Waals surface area contributed by atoms with Crippen molar-refractivity contribution >= 4 is 29.5 Å². The van der Waals surface area contributed by atoms with Crippen LogP contribution in [-0.2, 0) is 9.53 Å². The fourth-order valence-electron chi connectivity index (χ4n) is 1.62. The number of hydrogen-bond acceptors (Lipinski definition) is 4. The molecule has 18 heavy (non-hydrogen) atoms. The Bertz CT molecular complexity index is 317. The average molecular weight is 300 g/mol. The average Bonchev–Trinajstić information content (AvgIpc) is 2.28. The predicted octanol–water partition coefficient (Wildman–Crippen LogP) is 3.62. The summed E-state index contributed by atoms with van der Waals surface area (Å²) in [5, 5.41) is 0. The van der Waals surface area contributed by atoms with Crippen molar-refractivity contribution in [1.82, 2.24) is 0 Å². The molecule has 0 aliphatic carbocycles. The van der Waals surface area contributed by atoms with E-state index in [9.17, 15) is 18.0 Å². The summed E-state index contributed by atoms with van der Waals surface area (Å²) in [6.45, 7) is 2.77. The topological polar surface area (TPSA) is 26.3 Å². The van der Waals surface area contributed by atoms with E-state index in [0.717, 1.165) is 18.6 Å². The van der Waals surface area contributed by atoms with Gasteiger partial charge >= 0.3 is 12.1 Å². The fourth-order valence-corrected chi connectivity index (χ4v) is 4.09. The lowest BCUT2D eigenvalue weighted by molar-refractivity contribution is -0.156. The molecule has 0 aromatic rings. The van der Waals surface area contributed by atoms with Crippen molar-refractivity contribution in [1.29, 1.82) is 0 Å². The highest BCUT2D eigenvalue weighted by molar-refractivity contribution is 8.03. The molecule has 0 amide bonds. The fraction of sp³-hybridized carbons (Fsp3) is 0.727.